The third-order valence-corrected chi connectivity index (χ3v) is 5.32. The molecule has 0 amide bonds. The molecule has 0 bridgehead atoms. The van der Waals surface area contributed by atoms with Crippen LogP contribution in [0, 0.1) is 0 Å². The van der Waals surface area contributed by atoms with Gasteiger partial charge in [0, 0.05) is 30.4 Å². The van der Waals surface area contributed by atoms with E-state index >= 15 is 0 Å². The Morgan fingerprint density at radius 3 is 2.68 bits per heavy atom. The Labute approximate surface area is 131 Å². The summed E-state index contributed by atoms with van der Waals surface area (Å²) >= 11 is 0. The molecule has 1 aliphatic heterocycles. The first-order valence-electron chi connectivity index (χ1n) is 7.59. The molecule has 0 spiro atoms. The molecule has 1 fully saturated rings. The van der Waals surface area contributed by atoms with Gasteiger partial charge in [0.05, 0.1) is 17.4 Å². The molecule has 0 aliphatic carbocycles. The van der Waals surface area contributed by atoms with Crippen molar-refractivity contribution in [2.45, 2.75) is 25.9 Å². The number of anilines is 1. The number of hydrogen-bond donors (Lipinski definition) is 0. The summed E-state index contributed by atoms with van der Waals surface area (Å²) in [7, 11) is -3.36. The van der Waals surface area contributed by atoms with Crippen molar-refractivity contribution in [3.05, 3.63) is 36.5 Å². The van der Waals surface area contributed by atoms with Gasteiger partial charge in [-0.1, -0.05) is 18.2 Å². The summed E-state index contributed by atoms with van der Waals surface area (Å²) in [6.45, 7) is 3.18. The molecule has 0 N–H and O–H groups in total. The molecule has 6 heteroatoms. The van der Waals surface area contributed by atoms with Gasteiger partial charge in [0.15, 0.2) is 0 Å². The van der Waals surface area contributed by atoms with Crippen LogP contribution >= 0.6 is 0 Å². The highest BCUT2D eigenvalue weighted by atomic mass is 32.2. The van der Waals surface area contributed by atoms with Gasteiger partial charge >= 0.3 is 0 Å². The monoisotopic (exact) mass is 320 g/mol. The SMILES string of the molecule is CCS(=O)(=O)OC1CCN(c2ccnc3ccccc23)CC1. The Balaban J connectivity index is 1.73. The van der Waals surface area contributed by atoms with Gasteiger partial charge < -0.3 is 4.90 Å². The van der Waals surface area contributed by atoms with Crippen LogP contribution in [0.15, 0.2) is 36.5 Å². The van der Waals surface area contributed by atoms with Crippen molar-refractivity contribution in [2.24, 2.45) is 0 Å². The molecule has 0 atom stereocenters. The first-order chi connectivity index (χ1) is 10.6. The van der Waals surface area contributed by atoms with Gasteiger partial charge in [0.1, 0.15) is 0 Å². The van der Waals surface area contributed by atoms with Crippen LogP contribution < -0.4 is 4.90 Å². The number of para-hydroxylation sites is 1. The Kier molecular flexibility index (Phi) is 4.31. The lowest BCUT2D eigenvalue weighted by Crippen LogP contribution is -2.38. The first-order valence-corrected chi connectivity index (χ1v) is 9.16. The topological polar surface area (TPSA) is 59.5 Å². The van der Waals surface area contributed by atoms with Gasteiger partial charge in [-0.15, -0.1) is 0 Å². The van der Waals surface area contributed by atoms with Gasteiger partial charge in [0.2, 0.25) is 0 Å². The number of pyridine rings is 1. The number of benzene rings is 1. The zero-order chi connectivity index (χ0) is 15.6. The molecule has 0 unspecified atom stereocenters. The summed E-state index contributed by atoms with van der Waals surface area (Å²) in [4.78, 5) is 6.66. The van der Waals surface area contributed by atoms with Crippen LogP contribution in [0.2, 0.25) is 0 Å². The van der Waals surface area contributed by atoms with Crippen LogP contribution in [-0.2, 0) is 14.3 Å². The fourth-order valence-electron chi connectivity index (χ4n) is 2.82. The lowest BCUT2D eigenvalue weighted by atomic mass is 10.1. The van der Waals surface area contributed by atoms with Crippen LogP contribution in [0.5, 0.6) is 0 Å². The summed E-state index contributed by atoms with van der Waals surface area (Å²) in [6, 6.07) is 10.1. The van der Waals surface area contributed by atoms with Crippen molar-refractivity contribution in [1.29, 1.82) is 0 Å². The van der Waals surface area contributed by atoms with E-state index in [9.17, 15) is 8.42 Å². The standard InChI is InChI=1S/C16H20N2O3S/c1-2-22(19,20)21-13-8-11-18(12-9-13)16-7-10-17-15-6-4-3-5-14(15)16/h3-7,10,13H,2,8-9,11-12H2,1H3. The average Bonchev–Trinajstić information content (AvgIpc) is 2.55. The molecule has 0 saturated carbocycles. The van der Waals surface area contributed by atoms with Gasteiger partial charge in [0.25, 0.3) is 10.1 Å². The molecular weight excluding hydrogens is 300 g/mol. The van der Waals surface area contributed by atoms with Crippen molar-refractivity contribution in [3.63, 3.8) is 0 Å². The molecule has 1 aromatic heterocycles. The minimum absolute atomic E-state index is 0.0300. The third-order valence-electron chi connectivity index (χ3n) is 4.04. The second kappa shape index (κ2) is 6.22. The molecule has 1 aliphatic rings. The number of nitrogens with zero attached hydrogens (tertiary/aromatic N) is 2. The predicted octanol–water partition coefficient (Wildman–Crippen LogP) is 2.57. The highest BCUT2D eigenvalue weighted by molar-refractivity contribution is 7.86. The second-order valence-electron chi connectivity index (χ2n) is 5.48. The Morgan fingerprint density at radius 2 is 1.95 bits per heavy atom. The molecule has 118 valence electrons. The molecule has 3 rings (SSSR count). The van der Waals surface area contributed by atoms with E-state index in [1.165, 1.54) is 0 Å². The van der Waals surface area contributed by atoms with Gasteiger partial charge in [-0.2, -0.15) is 8.42 Å². The highest BCUT2D eigenvalue weighted by Crippen LogP contribution is 2.28. The number of hydrogen-bond acceptors (Lipinski definition) is 5. The Hall–Kier alpha value is -1.66. The maximum Gasteiger partial charge on any atom is 0.267 e. The van der Waals surface area contributed by atoms with Crippen LogP contribution in [-0.4, -0.2) is 38.3 Å². The normalized spacial score (nSPS) is 17.0. The first kappa shape index (κ1) is 15.2. The number of fused-ring (bicyclic) bond motifs is 1. The van der Waals surface area contributed by atoms with E-state index in [2.05, 4.69) is 16.0 Å². The summed E-state index contributed by atoms with van der Waals surface area (Å²) in [5.74, 6) is 0.0300. The predicted molar refractivity (Wildman–Crippen MR) is 87.5 cm³/mol. The van der Waals surface area contributed by atoms with Crippen LogP contribution in [0.3, 0.4) is 0 Å². The minimum atomic E-state index is -3.36. The number of aromatic nitrogens is 1. The van der Waals surface area contributed by atoms with Crippen molar-refractivity contribution >= 4 is 26.7 Å². The number of piperidine rings is 1. The average molecular weight is 320 g/mol. The summed E-state index contributed by atoms with van der Waals surface area (Å²) in [5.41, 5.74) is 2.13. The number of rotatable bonds is 4. The van der Waals surface area contributed by atoms with Gasteiger partial charge in [-0.25, -0.2) is 0 Å². The van der Waals surface area contributed by atoms with Crippen molar-refractivity contribution in [1.82, 2.24) is 4.98 Å². The molecule has 2 heterocycles. The van der Waals surface area contributed by atoms with E-state index < -0.39 is 10.1 Å². The van der Waals surface area contributed by atoms with Crippen LogP contribution in [0.25, 0.3) is 10.9 Å². The maximum absolute atomic E-state index is 11.5. The molecule has 2 aromatic rings. The van der Waals surface area contributed by atoms with Crippen molar-refractivity contribution in [3.8, 4) is 0 Å². The van der Waals surface area contributed by atoms with E-state index in [4.69, 9.17) is 4.18 Å². The molecule has 22 heavy (non-hydrogen) atoms. The smallest absolute Gasteiger partial charge is 0.267 e. The minimum Gasteiger partial charge on any atom is -0.371 e. The van der Waals surface area contributed by atoms with Crippen LogP contribution in [0.4, 0.5) is 5.69 Å². The summed E-state index contributed by atoms with van der Waals surface area (Å²) < 4.78 is 28.3. The molecule has 5 nitrogen and oxygen atoms in total. The second-order valence-corrected chi connectivity index (χ2v) is 7.36. The quantitative estimate of drug-likeness (QED) is 0.810. The van der Waals surface area contributed by atoms with Crippen LogP contribution in [0.1, 0.15) is 19.8 Å². The van der Waals surface area contributed by atoms with Gasteiger partial charge in [-0.3, -0.25) is 9.17 Å². The summed E-state index contributed by atoms with van der Waals surface area (Å²) in [5, 5.41) is 1.13. The fraction of sp³-hybridized carbons (Fsp3) is 0.438. The maximum atomic E-state index is 11.5. The van der Waals surface area contributed by atoms with E-state index in [0.29, 0.717) is 0 Å². The molecular formula is C16H20N2O3S. The Bertz CT molecular complexity index is 748. The lowest BCUT2D eigenvalue weighted by molar-refractivity contribution is 0.179. The van der Waals surface area contributed by atoms with E-state index in [1.807, 2.05) is 30.5 Å². The van der Waals surface area contributed by atoms with Crippen molar-refractivity contribution in [2.75, 3.05) is 23.7 Å². The zero-order valence-electron chi connectivity index (χ0n) is 12.6. The van der Waals surface area contributed by atoms with Crippen molar-refractivity contribution < 1.29 is 12.6 Å². The zero-order valence-corrected chi connectivity index (χ0v) is 13.4. The van der Waals surface area contributed by atoms with E-state index in [-0.39, 0.29) is 11.9 Å². The molecule has 1 saturated heterocycles. The fourth-order valence-corrected chi connectivity index (χ4v) is 3.57. The van der Waals surface area contributed by atoms with E-state index in [0.717, 1.165) is 42.5 Å². The third kappa shape index (κ3) is 3.23. The highest BCUT2D eigenvalue weighted by Gasteiger charge is 2.24. The lowest BCUT2D eigenvalue weighted by Gasteiger charge is -2.33. The van der Waals surface area contributed by atoms with Gasteiger partial charge in [-0.05, 0) is 31.9 Å². The molecule has 1 aromatic carbocycles. The molecule has 0 radical (unpaired) electrons. The summed E-state index contributed by atoms with van der Waals surface area (Å²) in [6.07, 6.45) is 3.06. The van der Waals surface area contributed by atoms with E-state index in [1.54, 1.807) is 6.92 Å². The Morgan fingerprint density at radius 1 is 1.23 bits per heavy atom. The largest absolute Gasteiger partial charge is 0.371 e.